The molecule has 0 aliphatic rings. The Bertz CT molecular complexity index is 194. The van der Waals surface area contributed by atoms with Gasteiger partial charge in [-0.1, -0.05) is 13.8 Å². The van der Waals surface area contributed by atoms with Crippen molar-refractivity contribution in [3.05, 3.63) is 0 Å². The highest BCUT2D eigenvalue weighted by atomic mass is 32.1. The fourth-order valence-electron chi connectivity index (χ4n) is 1.05. The van der Waals surface area contributed by atoms with Crippen molar-refractivity contribution in [2.24, 2.45) is 11.7 Å². The molecule has 0 aliphatic carbocycles. The molecule has 5 heteroatoms. The number of carbonyl (C=O) groups excluding carboxylic acids is 1. The number of nitrogens with two attached hydrogens (primary N) is 1. The van der Waals surface area contributed by atoms with Crippen LogP contribution in [-0.4, -0.2) is 24.1 Å². The predicted octanol–water partition coefficient (Wildman–Crippen LogP) is -0.0197. The molecule has 0 aromatic carbocycles. The van der Waals surface area contributed by atoms with Crippen LogP contribution in [0.1, 0.15) is 20.3 Å². The van der Waals surface area contributed by atoms with Gasteiger partial charge in [-0.3, -0.25) is 4.79 Å². The summed E-state index contributed by atoms with van der Waals surface area (Å²) < 4.78 is 0. The Balaban J connectivity index is 4.18. The second-order valence-electron chi connectivity index (χ2n) is 3.30. The van der Waals surface area contributed by atoms with Crippen LogP contribution in [0.4, 0.5) is 0 Å². The average molecular weight is 203 g/mol. The van der Waals surface area contributed by atoms with Crippen LogP contribution in [0, 0.1) is 5.92 Å². The van der Waals surface area contributed by atoms with Crippen LogP contribution in [0.15, 0.2) is 0 Å². The first-order valence-electron chi connectivity index (χ1n) is 4.25. The van der Waals surface area contributed by atoms with Gasteiger partial charge < -0.3 is 16.4 Å². The Morgan fingerprint density at radius 3 is 2.38 bits per heavy atom. The van der Waals surface area contributed by atoms with E-state index in [0.29, 0.717) is 5.92 Å². The molecule has 0 heterocycles. The largest absolute Gasteiger partial charge is 0.376 e. The molecule has 13 heavy (non-hydrogen) atoms. The fraction of sp³-hybridized carbons (Fsp3) is 0.750. The average Bonchev–Trinajstić information content (AvgIpc) is 2.00. The number of hydrogen-bond donors (Lipinski definition) is 3. The third kappa shape index (κ3) is 5.41. The zero-order chi connectivity index (χ0) is 10.4. The summed E-state index contributed by atoms with van der Waals surface area (Å²) in [7, 11) is 1.59. The number of hydrogen-bond acceptors (Lipinski definition) is 2. The fourth-order valence-corrected chi connectivity index (χ4v) is 1.19. The zero-order valence-electron chi connectivity index (χ0n) is 8.26. The summed E-state index contributed by atoms with van der Waals surface area (Å²) in [5.41, 5.74) is 5.30. The lowest BCUT2D eigenvalue weighted by Gasteiger charge is -2.18. The van der Waals surface area contributed by atoms with Gasteiger partial charge in [0.05, 0.1) is 0 Å². The highest BCUT2D eigenvalue weighted by molar-refractivity contribution is 7.80. The third-order valence-corrected chi connectivity index (χ3v) is 1.70. The van der Waals surface area contributed by atoms with E-state index < -0.39 is 0 Å². The lowest BCUT2D eigenvalue weighted by Crippen LogP contribution is -2.48. The molecular formula is C8H17N3OS. The van der Waals surface area contributed by atoms with Crippen molar-refractivity contribution < 1.29 is 4.79 Å². The highest BCUT2D eigenvalue weighted by Crippen LogP contribution is 2.04. The van der Waals surface area contributed by atoms with Gasteiger partial charge in [0.25, 0.3) is 0 Å². The quantitative estimate of drug-likeness (QED) is 0.562. The monoisotopic (exact) mass is 203 g/mol. The molecular weight excluding hydrogens is 186 g/mol. The Morgan fingerprint density at radius 2 is 2.08 bits per heavy atom. The van der Waals surface area contributed by atoms with Crippen molar-refractivity contribution in [1.82, 2.24) is 10.6 Å². The SMILES string of the molecule is CNC(=O)C(CC(C)C)NC(N)=S. The molecule has 0 aromatic rings. The summed E-state index contributed by atoms with van der Waals surface area (Å²) >= 11 is 4.68. The van der Waals surface area contributed by atoms with E-state index in [1.165, 1.54) is 0 Å². The second-order valence-corrected chi connectivity index (χ2v) is 3.74. The van der Waals surface area contributed by atoms with E-state index in [-0.39, 0.29) is 17.1 Å². The molecule has 0 bridgehead atoms. The number of rotatable bonds is 4. The number of amides is 1. The molecule has 1 atom stereocenters. The highest BCUT2D eigenvalue weighted by Gasteiger charge is 2.18. The minimum atomic E-state index is -0.317. The van der Waals surface area contributed by atoms with Gasteiger partial charge in [-0.25, -0.2) is 0 Å². The molecule has 0 fully saturated rings. The summed E-state index contributed by atoms with van der Waals surface area (Å²) in [5.74, 6) is 0.339. The van der Waals surface area contributed by atoms with Crippen molar-refractivity contribution in [1.29, 1.82) is 0 Å². The Labute approximate surface area is 84.3 Å². The Kier molecular flexibility index (Phi) is 5.37. The van der Waals surface area contributed by atoms with E-state index in [0.717, 1.165) is 6.42 Å². The summed E-state index contributed by atoms with van der Waals surface area (Å²) in [4.78, 5) is 11.3. The van der Waals surface area contributed by atoms with E-state index in [1.807, 2.05) is 13.8 Å². The summed E-state index contributed by atoms with van der Waals surface area (Å²) in [5, 5.41) is 5.48. The second kappa shape index (κ2) is 5.75. The number of nitrogens with one attached hydrogen (secondary N) is 2. The van der Waals surface area contributed by atoms with Crippen LogP contribution in [0.3, 0.4) is 0 Å². The van der Waals surface area contributed by atoms with Gasteiger partial charge in [0, 0.05) is 7.05 Å². The molecule has 1 unspecified atom stereocenters. The van der Waals surface area contributed by atoms with Crippen molar-refractivity contribution >= 4 is 23.2 Å². The maximum absolute atomic E-state index is 11.3. The van der Waals surface area contributed by atoms with Crippen LogP contribution in [0.2, 0.25) is 0 Å². The first kappa shape index (κ1) is 12.2. The minimum absolute atomic E-state index is 0.0819. The Hall–Kier alpha value is -0.840. The van der Waals surface area contributed by atoms with E-state index in [2.05, 4.69) is 22.9 Å². The maximum atomic E-state index is 11.3. The molecule has 0 radical (unpaired) electrons. The van der Waals surface area contributed by atoms with Crippen LogP contribution in [0.25, 0.3) is 0 Å². The van der Waals surface area contributed by atoms with E-state index >= 15 is 0 Å². The summed E-state index contributed by atoms with van der Waals surface area (Å²) in [6.45, 7) is 4.08. The lowest BCUT2D eigenvalue weighted by atomic mass is 10.0. The van der Waals surface area contributed by atoms with Crippen LogP contribution in [-0.2, 0) is 4.79 Å². The smallest absolute Gasteiger partial charge is 0.242 e. The standard InChI is InChI=1S/C8H17N3OS/c1-5(2)4-6(7(12)10-3)11-8(9)13/h5-6H,4H2,1-3H3,(H,10,12)(H3,9,11,13). The van der Waals surface area contributed by atoms with E-state index in [9.17, 15) is 4.79 Å². The van der Waals surface area contributed by atoms with Gasteiger partial charge >= 0.3 is 0 Å². The van der Waals surface area contributed by atoms with Crippen LogP contribution < -0.4 is 16.4 Å². The van der Waals surface area contributed by atoms with E-state index in [1.54, 1.807) is 7.05 Å². The first-order chi connectivity index (χ1) is 5.97. The normalized spacial score (nSPS) is 12.3. The number of likely N-dealkylation sites (N-methyl/N-ethyl adjacent to an activating group) is 1. The molecule has 0 saturated carbocycles. The molecule has 0 spiro atoms. The van der Waals surface area contributed by atoms with Gasteiger partial charge in [-0.2, -0.15) is 0 Å². The maximum Gasteiger partial charge on any atom is 0.242 e. The molecule has 0 aliphatic heterocycles. The van der Waals surface area contributed by atoms with Gasteiger partial charge in [0.2, 0.25) is 5.91 Å². The van der Waals surface area contributed by atoms with Gasteiger partial charge in [0.1, 0.15) is 6.04 Å². The van der Waals surface area contributed by atoms with Crippen molar-refractivity contribution in [3.8, 4) is 0 Å². The molecule has 76 valence electrons. The predicted molar refractivity (Wildman–Crippen MR) is 57.2 cm³/mol. The molecule has 4 nitrogen and oxygen atoms in total. The molecule has 4 N–H and O–H groups in total. The van der Waals surface area contributed by atoms with Crippen molar-refractivity contribution in [2.45, 2.75) is 26.3 Å². The van der Waals surface area contributed by atoms with Gasteiger partial charge in [-0.05, 0) is 24.6 Å². The third-order valence-electron chi connectivity index (χ3n) is 1.59. The summed E-state index contributed by atoms with van der Waals surface area (Å²) in [6, 6.07) is -0.317. The Morgan fingerprint density at radius 1 is 1.54 bits per heavy atom. The lowest BCUT2D eigenvalue weighted by molar-refractivity contribution is -0.122. The summed E-state index contributed by atoms with van der Waals surface area (Å²) in [6.07, 6.45) is 0.719. The first-order valence-corrected chi connectivity index (χ1v) is 4.65. The van der Waals surface area contributed by atoms with Gasteiger partial charge in [0.15, 0.2) is 5.11 Å². The van der Waals surface area contributed by atoms with Gasteiger partial charge in [-0.15, -0.1) is 0 Å². The number of thiocarbonyl (C=S) groups is 1. The molecule has 0 saturated heterocycles. The molecule has 1 amide bonds. The van der Waals surface area contributed by atoms with Crippen LogP contribution >= 0.6 is 12.2 Å². The minimum Gasteiger partial charge on any atom is -0.376 e. The molecule has 0 aromatic heterocycles. The zero-order valence-corrected chi connectivity index (χ0v) is 9.07. The topological polar surface area (TPSA) is 67.2 Å². The molecule has 0 rings (SSSR count). The number of carbonyl (C=O) groups is 1. The van der Waals surface area contributed by atoms with Crippen molar-refractivity contribution in [3.63, 3.8) is 0 Å². The van der Waals surface area contributed by atoms with Crippen LogP contribution in [0.5, 0.6) is 0 Å². The van der Waals surface area contributed by atoms with E-state index in [4.69, 9.17) is 5.73 Å². The van der Waals surface area contributed by atoms with Crippen molar-refractivity contribution in [2.75, 3.05) is 7.05 Å².